The Morgan fingerprint density at radius 1 is 1.12 bits per heavy atom. The predicted octanol–water partition coefficient (Wildman–Crippen LogP) is 3.97. The molecule has 1 fully saturated rings. The lowest BCUT2D eigenvalue weighted by Gasteiger charge is -2.14. The van der Waals surface area contributed by atoms with Crippen LogP contribution in [0.25, 0.3) is 10.2 Å². The zero-order chi connectivity index (χ0) is 23.7. The fourth-order valence-corrected chi connectivity index (χ4v) is 5.30. The number of rotatable bonds is 5. The average molecular weight is 506 g/mol. The number of anilines is 1. The van der Waals surface area contributed by atoms with Crippen LogP contribution >= 0.6 is 34.5 Å². The van der Waals surface area contributed by atoms with E-state index < -0.39 is 11.9 Å². The Balaban J connectivity index is 1.78. The van der Waals surface area contributed by atoms with Gasteiger partial charge in [-0.3, -0.25) is 24.1 Å². The summed E-state index contributed by atoms with van der Waals surface area (Å²) in [4.78, 5) is 54.8. The molecule has 4 rings (SSSR count). The standard InChI is InChI=1S/C22H17Cl2N3O5S/c1-2-32-19(30)11-26-20-15(24)9-13(23)10-16(20)33-22(26)25-21(31)12-4-3-5-14(8-12)27-17(28)6-7-18(27)29/h3-5,8-10H,2,6-7,11H2,1H3. The highest BCUT2D eigenvalue weighted by atomic mass is 35.5. The van der Waals surface area contributed by atoms with Crippen molar-refractivity contribution in [1.82, 2.24) is 4.57 Å². The molecule has 8 nitrogen and oxygen atoms in total. The lowest BCUT2D eigenvalue weighted by molar-refractivity contribution is -0.143. The van der Waals surface area contributed by atoms with Crippen molar-refractivity contribution < 1.29 is 23.9 Å². The number of aromatic nitrogens is 1. The molecule has 11 heteroatoms. The molecule has 33 heavy (non-hydrogen) atoms. The van der Waals surface area contributed by atoms with Crippen LogP contribution in [0.5, 0.6) is 0 Å². The lowest BCUT2D eigenvalue weighted by Crippen LogP contribution is -2.28. The van der Waals surface area contributed by atoms with Crippen LogP contribution in [-0.4, -0.2) is 34.9 Å². The van der Waals surface area contributed by atoms with E-state index in [9.17, 15) is 19.2 Å². The second-order valence-electron chi connectivity index (χ2n) is 7.10. The molecule has 3 aromatic rings. The summed E-state index contributed by atoms with van der Waals surface area (Å²) in [6.07, 6.45) is 0.278. The SMILES string of the molecule is CCOC(=O)Cn1c(=NC(=O)c2cccc(N3C(=O)CCC3=O)c2)sc2cc(Cl)cc(Cl)c21. The highest BCUT2D eigenvalue weighted by Gasteiger charge is 2.30. The molecular weight excluding hydrogens is 489 g/mol. The van der Waals surface area contributed by atoms with Crippen molar-refractivity contribution >= 4 is 74.1 Å². The maximum absolute atomic E-state index is 13.0. The van der Waals surface area contributed by atoms with E-state index >= 15 is 0 Å². The number of esters is 1. The fourth-order valence-electron chi connectivity index (χ4n) is 3.49. The normalized spacial score (nSPS) is 14.4. The largest absolute Gasteiger partial charge is 0.465 e. The Hall–Kier alpha value is -3.01. The van der Waals surface area contributed by atoms with Crippen LogP contribution in [-0.2, 0) is 25.7 Å². The molecular formula is C22H17Cl2N3O5S. The van der Waals surface area contributed by atoms with Gasteiger partial charge in [-0.2, -0.15) is 4.99 Å². The summed E-state index contributed by atoms with van der Waals surface area (Å²) in [6, 6.07) is 9.35. The minimum Gasteiger partial charge on any atom is -0.465 e. The highest BCUT2D eigenvalue weighted by Crippen LogP contribution is 2.30. The molecule has 0 atom stereocenters. The van der Waals surface area contributed by atoms with Gasteiger partial charge in [-0.1, -0.05) is 40.6 Å². The number of carbonyl (C=O) groups excluding carboxylic acids is 4. The first-order valence-corrected chi connectivity index (χ1v) is 11.5. The van der Waals surface area contributed by atoms with Crippen LogP contribution in [0.1, 0.15) is 30.1 Å². The molecule has 1 saturated heterocycles. The first kappa shape index (κ1) is 23.2. The van der Waals surface area contributed by atoms with Gasteiger partial charge in [0.25, 0.3) is 5.91 Å². The van der Waals surface area contributed by atoms with E-state index in [-0.39, 0.29) is 48.2 Å². The zero-order valence-electron chi connectivity index (χ0n) is 17.3. The molecule has 0 N–H and O–H groups in total. The molecule has 0 aliphatic carbocycles. The van der Waals surface area contributed by atoms with Gasteiger partial charge in [-0.25, -0.2) is 0 Å². The van der Waals surface area contributed by atoms with Crippen molar-refractivity contribution in [3.8, 4) is 0 Å². The van der Waals surface area contributed by atoms with Crippen molar-refractivity contribution in [2.75, 3.05) is 11.5 Å². The highest BCUT2D eigenvalue weighted by molar-refractivity contribution is 7.16. The Bertz CT molecular complexity index is 1360. The number of hydrogen-bond acceptors (Lipinski definition) is 6. The van der Waals surface area contributed by atoms with Gasteiger partial charge < -0.3 is 9.30 Å². The minimum atomic E-state index is -0.609. The Morgan fingerprint density at radius 3 is 2.55 bits per heavy atom. The molecule has 3 amide bonds. The molecule has 0 bridgehead atoms. The van der Waals surface area contributed by atoms with E-state index in [1.54, 1.807) is 31.2 Å². The van der Waals surface area contributed by atoms with Gasteiger partial charge in [0.1, 0.15) is 6.54 Å². The molecule has 0 saturated carbocycles. The summed E-state index contributed by atoms with van der Waals surface area (Å²) in [5, 5.41) is 0.711. The first-order valence-electron chi connectivity index (χ1n) is 9.97. The summed E-state index contributed by atoms with van der Waals surface area (Å²) >= 11 is 13.6. The maximum atomic E-state index is 13.0. The van der Waals surface area contributed by atoms with Crippen molar-refractivity contribution in [1.29, 1.82) is 0 Å². The summed E-state index contributed by atoms with van der Waals surface area (Å²) in [6.45, 7) is 1.70. The van der Waals surface area contributed by atoms with Gasteiger partial charge in [0.15, 0.2) is 4.80 Å². The zero-order valence-corrected chi connectivity index (χ0v) is 19.7. The van der Waals surface area contributed by atoms with Gasteiger partial charge in [0.2, 0.25) is 11.8 Å². The third-order valence-electron chi connectivity index (χ3n) is 4.89. The van der Waals surface area contributed by atoms with Gasteiger partial charge in [0.05, 0.1) is 27.5 Å². The average Bonchev–Trinajstić information content (AvgIpc) is 3.27. The first-order chi connectivity index (χ1) is 15.8. The number of benzene rings is 2. The Morgan fingerprint density at radius 2 is 1.85 bits per heavy atom. The lowest BCUT2D eigenvalue weighted by atomic mass is 10.2. The van der Waals surface area contributed by atoms with E-state index in [4.69, 9.17) is 27.9 Å². The number of hydrogen-bond donors (Lipinski definition) is 0. The number of carbonyl (C=O) groups is 4. The van der Waals surface area contributed by atoms with Crippen LogP contribution in [0.3, 0.4) is 0 Å². The molecule has 0 spiro atoms. The molecule has 2 aromatic carbocycles. The summed E-state index contributed by atoms with van der Waals surface area (Å²) in [7, 11) is 0. The van der Waals surface area contributed by atoms with Gasteiger partial charge >= 0.3 is 5.97 Å². The molecule has 170 valence electrons. The number of imide groups is 1. The van der Waals surface area contributed by atoms with Crippen LogP contribution in [0.4, 0.5) is 5.69 Å². The smallest absolute Gasteiger partial charge is 0.326 e. The van der Waals surface area contributed by atoms with Gasteiger partial charge in [0, 0.05) is 23.4 Å². The maximum Gasteiger partial charge on any atom is 0.326 e. The Labute approximate surface area is 202 Å². The van der Waals surface area contributed by atoms with E-state index in [0.717, 1.165) is 16.2 Å². The minimum absolute atomic E-state index is 0.139. The molecule has 1 aliphatic heterocycles. The van der Waals surface area contributed by atoms with Gasteiger partial charge in [-0.15, -0.1) is 0 Å². The Kier molecular flexibility index (Phi) is 6.64. The van der Waals surface area contributed by atoms with E-state index in [0.29, 0.717) is 25.9 Å². The molecule has 2 heterocycles. The third-order valence-corrected chi connectivity index (χ3v) is 6.42. The topological polar surface area (TPSA) is 98.0 Å². The number of halogens is 2. The number of thiazole rings is 1. The molecule has 0 unspecified atom stereocenters. The second kappa shape index (κ2) is 9.46. The summed E-state index contributed by atoms with van der Waals surface area (Å²) in [5.41, 5.74) is 1.01. The van der Waals surface area contributed by atoms with E-state index in [1.165, 1.54) is 16.7 Å². The summed E-state index contributed by atoms with van der Waals surface area (Å²) in [5.74, 6) is -1.75. The number of amides is 3. The third kappa shape index (κ3) is 4.71. The molecule has 1 aliphatic rings. The van der Waals surface area contributed by atoms with Crippen LogP contribution in [0.2, 0.25) is 10.0 Å². The van der Waals surface area contributed by atoms with Crippen molar-refractivity contribution in [3.05, 3.63) is 56.8 Å². The summed E-state index contributed by atoms with van der Waals surface area (Å²) < 4.78 is 7.19. The van der Waals surface area contributed by atoms with Crippen LogP contribution < -0.4 is 9.70 Å². The number of ether oxygens (including phenoxy) is 1. The molecule has 0 radical (unpaired) electrons. The van der Waals surface area contributed by atoms with Crippen molar-refractivity contribution in [3.63, 3.8) is 0 Å². The number of nitrogens with zero attached hydrogens (tertiary/aromatic N) is 3. The quantitative estimate of drug-likeness (QED) is 0.386. The van der Waals surface area contributed by atoms with Crippen molar-refractivity contribution in [2.45, 2.75) is 26.3 Å². The predicted molar refractivity (Wildman–Crippen MR) is 125 cm³/mol. The van der Waals surface area contributed by atoms with E-state index in [1.807, 2.05) is 0 Å². The van der Waals surface area contributed by atoms with Gasteiger partial charge in [-0.05, 0) is 37.3 Å². The second-order valence-corrected chi connectivity index (χ2v) is 8.95. The van der Waals surface area contributed by atoms with E-state index in [2.05, 4.69) is 4.99 Å². The number of fused-ring (bicyclic) bond motifs is 1. The monoisotopic (exact) mass is 505 g/mol. The van der Waals surface area contributed by atoms with Crippen LogP contribution in [0.15, 0.2) is 41.4 Å². The van der Waals surface area contributed by atoms with Crippen molar-refractivity contribution in [2.24, 2.45) is 4.99 Å². The fraction of sp³-hybridized carbons (Fsp3) is 0.227. The molecule has 1 aromatic heterocycles. The van der Waals surface area contributed by atoms with Crippen LogP contribution in [0, 0.1) is 0 Å².